The molecule has 29 heavy (non-hydrogen) atoms. The molecule has 0 radical (unpaired) electrons. The van der Waals surface area contributed by atoms with Crippen LogP contribution in [-0.2, 0) is 15.6 Å². The van der Waals surface area contributed by atoms with Crippen molar-refractivity contribution in [3.8, 4) is 0 Å². The molecular weight excluding hydrogens is 362 g/mol. The highest BCUT2D eigenvalue weighted by atomic mass is 16.5. The van der Waals surface area contributed by atoms with Crippen LogP contribution in [0.25, 0.3) is 0 Å². The summed E-state index contributed by atoms with van der Waals surface area (Å²) in [5.74, 6) is -0.351. The van der Waals surface area contributed by atoms with Gasteiger partial charge >= 0.3 is 5.97 Å². The van der Waals surface area contributed by atoms with Gasteiger partial charge in [0.1, 0.15) is 5.71 Å². The van der Waals surface area contributed by atoms with E-state index in [0.717, 1.165) is 29.5 Å². The molecular formula is C25H31NO3. The number of aryl methyl sites for hydroxylation is 1. The largest absolute Gasteiger partial charge is 0.462 e. The number of ether oxygens (including phenoxy) is 1. The maximum atomic E-state index is 11.9. The van der Waals surface area contributed by atoms with Crippen LogP contribution in [-0.4, -0.2) is 23.5 Å². The second kappa shape index (κ2) is 7.66. The van der Waals surface area contributed by atoms with Crippen molar-refractivity contribution >= 4 is 11.7 Å². The van der Waals surface area contributed by atoms with Crippen molar-refractivity contribution in [3.05, 3.63) is 69.8 Å². The highest BCUT2D eigenvalue weighted by molar-refractivity contribution is 6.13. The van der Waals surface area contributed by atoms with E-state index < -0.39 is 0 Å². The minimum atomic E-state index is -0.351. The molecule has 0 aromatic heterocycles. The third kappa shape index (κ3) is 3.93. The Morgan fingerprint density at radius 2 is 1.52 bits per heavy atom. The monoisotopic (exact) mass is 393 g/mol. The summed E-state index contributed by atoms with van der Waals surface area (Å²) in [6.07, 6.45) is 2.28. The molecule has 0 atom stereocenters. The highest BCUT2D eigenvalue weighted by Gasteiger charge is 2.37. The van der Waals surface area contributed by atoms with Crippen LogP contribution in [0.2, 0.25) is 0 Å². The van der Waals surface area contributed by atoms with Crippen LogP contribution < -0.4 is 0 Å². The quantitative estimate of drug-likeness (QED) is 0.311. The zero-order chi connectivity index (χ0) is 21.4. The van der Waals surface area contributed by atoms with Gasteiger partial charge in [0.05, 0.1) is 12.2 Å². The topological polar surface area (TPSA) is 58.9 Å². The predicted octanol–water partition coefficient (Wildman–Crippen LogP) is 5.75. The van der Waals surface area contributed by atoms with E-state index in [1.54, 1.807) is 31.2 Å². The lowest BCUT2D eigenvalue weighted by molar-refractivity contribution is 0.0526. The van der Waals surface area contributed by atoms with Gasteiger partial charge in [-0.2, -0.15) is 0 Å². The summed E-state index contributed by atoms with van der Waals surface area (Å²) < 4.78 is 5.04. The molecule has 2 aromatic carbocycles. The number of rotatable bonds is 4. The Morgan fingerprint density at radius 1 is 1.00 bits per heavy atom. The molecule has 4 heteroatoms. The summed E-state index contributed by atoms with van der Waals surface area (Å²) in [5, 5.41) is 13.5. The summed E-state index contributed by atoms with van der Waals surface area (Å²) >= 11 is 0. The number of benzene rings is 2. The second-order valence-electron chi connectivity index (χ2n) is 9.23. The van der Waals surface area contributed by atoms with E-state index in [9.17, 15) is 10.0 Å². The lowest BCUT2D eigenvalue weighted by Gasteiger charge is -2.42. The Balaban J connectivity index is 2.06. The van der Waals surface area contributed by atoms with E-state index in [4.69, 9.17) is 4.74 Å². The predicted molar refractivity (Wildman–Crippen MR) is 116 cm³/mol. The van der Waals surface area contributed by atoms with E-state index >= 15 is 0 Å². The summed E-state index contributed by atoms with van der Waals surface area (Å²) in [5.41, 5.74) is 6.66. The fraction of sp³-hybridized carbons (Fsp3) is 0.440. The molecule has 4 nitrogen and oxygen atoms in total. The number of hydrogen-bond acceptors (Lipinski definition) is 4. The molecule has 0 saturated heterocycles. The van der Waals surface area contributed by atoms with E-state index in [-0.39, 0.29) is 16.8 Å². The van der Waals surface area contributed by atoms with Crippen molar-refractivity contribution in [2.45, 2.75) is 65.2 Å². The molecule has 0 bridgehead atoms. The van der Waals surface area contributed by atoms with Gasteiger partial charge in [0.15, 0.2) is 0 Å². The number of carbonyl (C=O) groups is 1. The maximum Gasteiger partial charge on any atom is 0.338 e. The van der Waals surface area contributed by atoms with Crippen molar-refractivity contribution < 1.29 is 14.7 Å². The molecule has 0 spiro atoms. The molecule has 154 valence electrons. The maximum absolute atomic E-state index is 11.9. The molecule has 0 unspecified atom stereocenters. The molecule has 0 heterocycles. The molecule has 1 aliphatic carbocycles. The van der Waals surface area contributed by atoms with Gasteiger partial charge < -0.3 is 9.94 Å². The van der Waals surface area contributed by atoms with Gasteiger partial charge in [-0.15, -0.1) is 0 Å². The standard InChI is InChI=1S/C25H31NO3/c1-7-29-23(27)18-10-8-17(9-11-18)22(26-28)19-15-21-20(14-16(19)2)24(3,4)12-13-25(21,5)6/h8-11,14-15,28H,7,12-13H2,1-6H3/b26-22+. The first-order valence-electron chi connectivity index (χ1n) is 10.3. The lowest BCUT2D eigenvalue weighted by Crippen LogP contribution is -2.34. The van der Waals surface area contributed by atoms with Gasteiger partial charge in [-0.1, -0.05) is 51.0 Å². The highest BCUT2D eigenvalue weighted by Crippen LogP contribution is 2.46. The minimum Gasteiger partial charge on any atom is -0.462 e. The van der Waals surface area contributed by atoms with Crippen molar-refractivity contribution in [3.63, 3.8) is 0 Å². The molecule has 1 N–H and O–H groups in total. The number of carbonyl (C=O) groups excluding carboxylic acids is 1. The summed E-state index contributed by atoms with van der Waals surface area (Å²) in [7, 11) is 0. The van der Waals surface area contributed by atoms with Gasteiger partial charge in [0.25, 0.3) is 0 Å². The Bertz CT molecular complexity index is 953. The number of fused-ring (bicyclic) bond motifs is 1. The Hall–Kier alpha value is -2.62. The van der Waals surface area contributed by atoms with E-state index in [1.807, 2.05) is 0 Å². The Kier molecular flexibility index (Phi) is 5.57. The van der Waals surface area contributed by atoms with Crippen LogP contribution in [0.3, 0.4) is 0 Å². The van der Waals surface area contributed by atoms with Gasteiger partial charge in [-0.3, -0.25) is 0 Å². The summed E-state index contributed by atoms with van der Waals surface area (Å²) in [6.45, 7) is 13.3. The van der Waals surface area contributed by atoms with Gasteiger partial charge in [-0.05, 0) is 72.4 Å². The summed E-state index contributed by atoms with van der Waals surface area (Å²) in [4.78, 5) is 11.9. The average molecular weight is 394 g/mol. The zero-order valence-corrected chi connectivity index (χ0v) is 18.3. The number of oxime groups is 1. The first kappa shape index (κ1) is 21.1. The van der Waals surface area contributed by atoms with Crippen molar-refractivity contribution in [1.82, 2.24) is 0 Å². The van der Waals surface area contributed by atoms with Crippen LogP contribution >= 0.6 is 0 Å². The fourth-order valence-electron chi connectivity index (χ4n) is 4.22. The Labute approximate surface area is 173 Å². The first-order chi connectivity index (χ1) is 13.6. The van der Waals surface area contributed by atoms with E-state index in [2.05, 4.69) is 51.9 Å². The number of esters is 1. The molecule has 0 fully saturated rings. The molecule has 3 rings (SSSR count). The van der Waals surface area contributed by atoms with Gasteiger partial charge in [0, 0.05) is 11.1 Å². The van der Waals surface area contributed by atoms with Crippen molar-refractivity contribution in [2.75, 3.05) is 6.61 Å². The summed E-state index contributed by atoms with van der Waals surface area (Å²) in [6, 6.07) is 11.5. The normalized spacial score (nSPS) is 17.5. The molecule has 0 saturated carbocycles. The third-order valence-corrected chi connectivity index (χ3v) is 6.22. The van der Waals surface area contributed by atoms with Crippen molar-refractivity contribution in [1.29, 1.82) is 0 Å². The number of hydrogen-bond donors (Lipinski definition) is 1. The SMILES string of the molecule is CCOC(=O)c1ccc(/C(=N\O)c2cc3c(cc2C)C(C)(C)CCC3(C)C)cc1. The van der Waals surface area contributed by atoms with Crippen molar-refractivity contribution in [2.24, 2.45) is 5.16 Å². The average Bonchev–Trinajstić information content (AvgIpc) is 2.68. The molecule has 0 aliphatic heterocycles. The molecule has 1 aliphatic rings. The molecule has 2 aromatic rings. The lowest BCUT2D eigenvalue weighted by atomic mass is 9.62. The first-order valence-corrected chi connectivity index (χ1v) is 10.3. The van der Waals surface area contributed by atoms with E-state index in [0.29, 0.717) is 17.9 Å². The van der Waals surface area contributed by atoms with Gasteiger partial charge in [0.2, 0.25) is 0 Å². The fourth-order valence-corrected chi connectivity index (χ4v) is 4.22. The molecule has 0 amide bonds. The van der Waals surface area contributed by atoms with Crippen LogP contribution in [0.5, 0.6) is 0 Å². The second-order valence-corrected chi connectivity index (χ2v) is 9.23. The third-order valence-electron chi connectivity index (χ3n) is 6.22. The zero-order valence-electron chi connectivity index (χ0n) is 18.3. The number of nitrogens with zero attached hydrogens (tertiary/aromatic N) is 1. The Morgan fingerprint density at radius 3 is 2.03 bits per heavy atom. The van der Waals surface area contributed by atoms with Crippen LogP contribution in [0.15, 0.2) is 41.6 Å². The minimum absolute atomic E-state index is 0.0711. The van der Waals surface area contributed by atoms with Crippen LogP contribution in [0.4, 0.5) is 0 Å². The van der Waals surface area contributed by atoms with Crippen LogP contribution in [0, 0.1) is 6.92 Å². The van der Waals surface area contributed by atoms with Gasteiger partial charge in [-0.25, -0.2) is 4.79 Å². The van der Waals surface area contributed by atoms with Crippen LogP contribution in [0.1, 0.15) is 85.6 Å². The van der Waals surface area contributed by atoms with E-state index in [1.165, 1.54) is 11.1 Å². The smallest absolute Gasteiger partial charge is 0.338 e.